The van der Waals surface area contributed by atoms with Gasteiger partial charge >= 0.3 is 6.03 Å². The number of thiophene rings is 1. The summed E-state index contributed by atoms with van der Waals surface area (Å²) in [6.45, 7) is 4.48. The van der Waals surface area contributed by atoms with Gasteiger partial charge in [-0.05, 0) is 30.2 Å². The molecule has 1 aromatic rings. The fourth-order valence-electron chi connectivity index (χ4n) is 2.44. The van der Waals surface area contributed by atoms with Crippen LogP contribution >= 0.6 is 11.3 Å². The molecule has 0 spiro atoms. The second-order valence-electron chi connectivity index (χ2n) is 5.38. The Kier molecular flexibility index (Phi) is 6.09. The molecule has 1 unspecified atom stereocenters. The minimum Gasteiger partial charge on any atom is -0.395 e. The van der Waals surface area contributed by atoms with Crippen LogP contribution in [0.15, 0.2) is 11.4 Å². The van der Waals surface area contributed by atoms with Crippen molar-refractivity contribution < 1.29 is 9.90 Å². The van der Waals surface area contributed by atoms with E-state index < -0.39 is 0 Å². The van der Waals surface area contributed by atoms with Crippen molar-refractivity contribution in [2.45, 2.75) is 32.7 Å². The summed E-state index contributed by atoms with van der Waals surface area (Å²) >= 11 is 1.60. The van der Waals surface area contributed by atoms with Crippen LogP contribution in [0.25, 0.3) is 0 Å². The van der Waals surface area contributed by atoms with Gasteiger partial charge in [0.25, 0.3) is 0 Å². The molecule has 1 fully saturated rings. The summed E-state index contributed by atoms with van der Waals surface area (Å²) < 4.78 is 0. The first kappa shape index (κ1) is 15.9. The molecule has 1 aromatic heterocycles. The van der Waals surface area contributed by atoms with Crippen LogP contribution in [-0.2, 0) is 6.54 Å². The highest BCUT2D eigenvalue weighted by molar-refractivity contribution is 7.10. The monoisotopic (exact) mass is 306 g/mol. The van der Waals surface area contributed by atoms with E-state index >= 15 is 0 Å². The van der Waals surface area contributed by atoms with E-state index in [2.05, 4.69) is 24.1 Å². The van der Waals surface area contributed by atoms with Crippen LogP contribution in [0, 0.1) is 17.8 Å². The van der Waals surface area contributed by atoms with Crippen LogP contribution in [-0.4, -0.2) is 35.7 Å². The number of carbonyl (C=O) groups is 1. The lowest BCUT2D eigenvalue weighted by Gasteiger charge is -2.30. The summed E-state index contributed by atoms with van der Waals surface area (Å²) in [6.07, 6.45) is 2.78. The number of likely N-dealkylation sites (tertiary alicyclic amines) is 1. The van der Waals surface area contributed by atoms with Crippen LogP contribution in [0.1, 0.15) is 36.6 Å². The standard InChI is InChI=1S/C16H22N2O2S/c1-13-5-4-8-18(12-13)16(20)17-11-15-14(7-10-21-15)6-2-3-9-19/h7,10,13,19H,3-5,8-9,11-12H2,1H3,(H,17,20). The zero-order valence-corrected chi connectivity index (χ0v) is 13.2. The highest BCUT2D eigenvalue weighted by Gasteiger charge is 2.20. The predicted molar refractivity (Wildman–Crippen MR) is 85.1 cm³/mol. The molecule has 0 saturated carbocycles. The predicted octanol–water partition coefficient (Wildman–Crippen LogP) is 2.42. The fraction of sp³-hybridized carbons (Fsp3) is 0.562. The van der Waals surface area contributed by atoms with E-state index in [1.54, 1.807) is 11.3 Å². The molecule has 5 heteroatoms. The molecule has 1 atom stereocenters. The van der Waals surface area contributed by atoms with Crippen molar-refractivity contribution in [2.75, 3.05) is 19.7 Å². The number of hydrogen-bond acceptors (Lipinski definition) is 3. The molecule has 0 aliphatic carbocycles. The molecule has 1 aliphatic rings. The minimum absolute atomic E-state index is 0.0178. The SMILES string of the molecule is CC1CCCN(C(=O)NCc2sccc2C#CCCO)C1. The molecule has 0 aromatic carbocycles. The van der Waals surface area contributed by atoms with Crippen LogP contribution in [0.5, 0.6) is 0 Å². The highest BCUT2D eigenvalue weighted by atomic mass is 32.1. The molecule has 21 heavy (non-hydrogen) atoms. The Balaban J connectivity index is 1.87. The molecule has 2 rings (SSSR count). The quantitative estimate of drug-likeness (QED) is 0.843. The molecule has 114 valence electrons. The van der Waals surface area contributed by atoms with E-state index in [0.717, 1.165) is 30.0 Å². The molecule has 1 aliphatic heterocycles. The van der Waals surface area contributed by atoms with Crippen molar-refractivity contribution in [2.24, 2.45) is 5.92 Å². The summed E-state index contributed by atoms with van der Waals surface area (Å²) in [7, 11) is 0. The van der Waals surface area contributed by atoms with Crippen molar-refractivity contribution >= 4 is 17.4 Å². The summed E-state index contributed by atoms with van der Waals surface area (Å²) in [6, 6.07) is 1.98. The largest absolute Gasteiger partial charge is 0.395 e. The van der Waals surface area contributed by atoms with Crippen LogP contribution in [0.4, 0.5) is 4.79 Å². The first-order chi connectivity index (χ1) is 10.2. The molecule has 1 saturated heterocycles. The maximum absolute atomic E-state index is 12.2. The van der Waals surface area contributed by atoms with Crippen molar-refractivity contribution in [3.05, 3.63) is 21.9 Å². The number of amides is 2. The Labute approximate surface area is 130 Å². The van der Waals surface area contributed by atoms with Gasteiger partial charge in [0.1, 0.15) is 0 Å². The number of aliphatic hydroxyl groups excluding tert-OH is 1. The van der Waals surface area contributed by atoms with Gasteiger partial charge in [-0.15, -0.1) is 11.3 Å². The Hall–Kier alpha value is -1.51. The molecule has 2 N–H and O–H groups in total. The number of carbonyl (C=O) groups excluding carboxylic acids is 1. The molecular formula is C16H22N2O2S. The van der Waals surface area contributed by atoms with Gasteiger partial charge < -0.3 is 15.3 Å². The maximum atomic E-state index is 12.2. The van der Waals surface area contributed by atoms with E-state index in [0.29, 0.717) is 18.9 Å². The lowest BCUT2D eigenvalue weighted by Crippen LogP contribution is -2.44. The van der Waals surface area contributed by atoms with E-state index in [9.17, 15) is 4.79 Å². The maximum Gasteiger partial charge on any atom is 0.317 e. The third-order valence-electron chi connectivity index (χ3n) is 3.55. The summed E-state index contributed by atoms with van der Waals surface area (Å²) in [4.78, 5) is 15.1. The highest BCUT2D eigenvalue weighted by Crippen LogP contribution is 2.17. The number of piperidine rings is 1. The third-order valence-corrected chi connectivity index (χ3v) is 4.47. The molecule has 0 bridgehead atoms. The minimum atomic E-state index is 0.0178. The van der Waals surface area contributed by atoms with Crippen LogP contribution in [0.3, 0.4) is 0 Å². The Bertz CT molecular complexity index is 530. The van der Waals surface area contributed by atoms with Crippen molar-refractivity contribution in [1.29, 1.82) is 0 Å². The second kappa shape index (κ2) is 8.06. The summed E-state index contributed by atoms with van der Waals surface area (Å²) in [5.41, 5.74) is 0.945. The zero-order valence-electron chi connectivity index (χ0n) is 12.4. The van der Waals surface area contributed by atoms with Gasteiger partial charge in [-0.3, -0.25) is 0 Å². The van der Waals surface area contributed by atoms with Crippen LogP contribution < -0.4 is 5.32 Å². The van der Waals surface area contributed by atoms with Crippen molar-refractivity contribution in [3.63, 3.8) is 0 Å². The van der Waals surface area contributed by atoms with Crippen molar-refractivity contribution in [1.82, 2.24) is 10.2 Å². The lowest BCUT2D eigenvalue weighted by molar-refractivity contribution is 0.169. The number of nitrogens with zero attached hydrogens (tertiary/aromatic N) is 1. The van der Waals surface area contributed by atoms with Gasteiger partial charge in [-0.1, -0.05) is 18.8 Å². The first-order valence-electron chi connectivity index (χ1n) is 7.39. The molecule has 2 heterocycles. The lowest BCUT2D eigenvalue weighted by atomic mass is 10.0. The smallest absolute Gasteiger partial charge is 0.317 e. The number of aliphatic hydroxyl groups is 1. The number of hydrogen-bond donors (Lipinski definition) is 2. The topological polar surface area (TPSA) is 52.6 Å². The molecule has 0 radical (unpaired) electrons. The normalized spacial score (nSPS) is 18.0. The van der Waals surface area contributed by atoms with Gasteiger partial charge in [0.15, 0.2) is 0 Å². The average molecular weight is 306 g/mol. The summed E-state index contributed by atoms with van der Waals surface area (Å²) in [5.74, 6) is 6.55. The van der Waals surface area contributed by atoms with Gasteiger partial charge in [0, 0.05) is 30.0 Å². The number of nitrogens with one attached hydrogen (secondary N) is 1. The van der Waals surface area contributed by atoms with E-state index in [1.807, 2.05) is 16.3 Å². The zero-order chi connectivity index (χ0) is 15.1. The molecule has 4 nitrogen and oxygen atoms in total. The molecular weight excluding hydrogens is 284 g/mol. The average Bonchev–Trinajstić information content (AvgIpc) is 2.92. The second-order valence-corrected chi connectivity index (χ2v) is 6.39. The van der Waals surface area contributed by atoms with Crippen molar-refractivity contribution in [3.8, 4) is 11.8 Å². The van der Waals surface area contributed by atoms with Gasteiger partial charge in [0.2, 0.25) is 0 Å². The van der Waals surface area contributed by atoms with E-state index in [-0.39, 0.29) is 12.6 Å². The fourth-order valence-corrected chi connectivity index (χ4v) is 3.21. The molecule has 2 amide bonds. The Morgan fingerprint density at radius 1 is 1.62 bits per heavy atom. The van der Waals surface area contributed by atoms with Gasteiger partial charge in [-0.25, -0.2) is 4.79 Å². The van der Waals surface area contributed by atoms with Gasteiger partial charge in [-0.2, -0.15) is 0 Å². The van der Waals surface area contributed by atoms with E-state index in [1.165, 1.54) is 6.42 Å². The number of rotatable bonds is 3. The third kappa shape index (κ3) is 4.76. The Morgan fingerprint density at radius 2 is 2.48 bits per heavy atom. The first-order valence-corrected chi connectivity index (χ1v) is 8.27. The van der Waals surface area contributed by atoms with Gasteiger partial charge in [0.05, 0.1) is 13.2 Å². The van der Waals surface area contributed by atoms with E-state index in [4.69, 9.17) is 5.11 Å². The van der Waals surface area contributed by atoms with Crippen LogP contribution in [0.2, 0.25) is 0 Å². The Morgan fingerprint density at radius 3 is 3.24 bits per heavy atom. The summed E-state index contributed by atoms with van der Waals surface area (Å²) in [5, 5.41) is 13.7. The number of urea groups is 1.